The average Bonchev–Trinajstić information content (AvgIpc) is 3.00. The lowest BCUT2D eigenvalue weighted by Crippen LogP contribution is -2.42. The fourth-order valence-electron chi connectivity index (χ4n) is 2.28. The van der Waals surface area contributed by atoms with E-state index in [2.05, 4.69) is 53.5 Å². The molecule has 2 rings (SSSR count). The Morgan fingerprint density at radius 1 is 1.27 bits per heavy atom. The first-order valence-corrected chi connectivity index (χ1v) is 9.06. The molecule has 2 N–H and O–H groups in total. The highest BCUT2D eigenvalue weighted by molar-refractivity contribution is 7.12. The smallest absolute Gasteiger partial charge is 0.191 e. The maximum absolute atomic E-state index is 4.45. The second kappa shape index (κ2) is 7.74. The van der Waals surface area contributed by atoms with Crippen molar-refractivity contribution in [1.29, 1.82) is 0 Å². The summed E-state index contributed by atoms with van der Waals surface area (Å²) in [5, 5.41) is 7.94. The zero-order valence-electron chi connectivity index (χ0n) is 13.9. The third-order valence-corrected chi connectivity index (χ3v) is 5.42. The van der Waals surface area contributed by atoms with Crippen LogP contribution in [0.4, 0.5) is 0 Å². The zero-order valence-corrected chi connectivity index (χ0v) is 15.5. The highest BCUT2D eigenvalue weighted by Crippen LogP contribution is 2.17. The number of hydrogen-bond acceptors (Lipinski definition) is 4. The molecular formula is C16H24N4S2. The molecule has 1 unspecified atom stereocenters. The number of hydrogen-bond donors (Lipinski definition) is 2. The van der Waals surface area contributed by atoms with E-state index in [1.54, 1.807) is 11.3 Å². The van der Waals surface area contributed by atoms with Crippen molar-refractivity contribution in [1.82, 2.24) is 15.6 Å². The van der Waals surface area contributed by atoms with E-state index >= 15 is 0 Å². The molecule has 6 heteroatoms. The predicted octanol–water partition coefficient (Wildman–Crippen LogP) is 3.43. The number of aromatic nitrogens is 1. The molecule has 2 aromatic heterocycles. The summed E-state index contributed by atoms with van der Waals surface area (Å²) < 4.78 is 0. The van der Waals surface area contributed by atoms with Gasteiger partial charge in [-0.05, 0) is 39.8 Å². The molecular weight excluding hydrogens is 312 g/mol. The Bertz CT molecular complexity index is 642. The number of thiophene rings is 1. The van der Waals surface area contributed by atoms with Crippen molar-refractivity contribution in [2.24, 2.45) is 4.99 Å². The summed E-state index contributed by atoms with van der Waals surface area (Å²) in [6.07, 6.45) is 1.01. The van der Waals surface area contributed by atoms with Gasteiger partial charge < -0.3 is 10.6 Å². The predicted molar refractivity (Wildman–Crippen MR) is 97.1 cm³/mol. The molecule has 0 aliphatic carbocycles. The topological polar surface area (TPSA) is 49.3 Å². The lowest BCUT2D eigenvalue weighted by atomic mass is 10.2. The SMILES string of the molecule is CN=C(NCc1sc(C)nc1C)NC(C)Cc1ccc(C)s1. The summed E-state index contributed by atoms with van der Waals surface area (Å²) in [4.78, 5) is 12.8. The van der Waals surface area contributed by atoms with E-state index in [0.717, 1.165) is 29.6 Å². The first-order chi connectivity index (χ1) is 10.5. The normalized spacial score (nSPS) is 13.2. The van der Waals surface area contributed by atoms with Crippen molar-refractivity contribution in [3.05, 3.63) is 37.5 Å². The van der Waals surface area contributed by atoms with Gasteiger partial charge in [-0.1, -0.05) is 0 Å². The molecule has 22 heavy (non-hydrogen) atoms. The summed E-state index contributed by atoms with van der Waals surface area (Å²) in [5.74, 6) is 0.839. The van der Waals surface area contributed by atoms with Crippen LogP contribution in [0.3, 0.4) is 0 Å². The van der Waals surface area contributed by atoms with Crippen LogP contribution in [0.5, 0.6) is 0 Å². The van der Waals surface area contributed by atoms with Crippen LogP contribution in [-0.4, -0.2) is 24.0 Å². The lowest BCUT2D eigenvalue weighted by molar-refractivity contribution is 0.645. The molecule has 2 aromatic rings. The first kappa shape index (κ1) is 17.0. The number of thiazole rings is 1. The minimum atomic E-state index is 0.341. The van der Waals surface area contributed by atoms with Crippen LogP contribution >= 0.6 is 22.7 Å². The standard InChI is InChI=1S/C16H24N4S2/c1-10(8-14-7-6-11(2)21-14)19-16(17-5)18-9-15-12(3)20-13(4)22-15/h6-7,10H,8-9H2,1-5H3,(H2,17,18,19). The van der Waals surface area contributed by atoms with Crippen LogP contribution in [0.2, 0.25) is 0 Å². The van der Waals surface area contributed by atoms with Crippen molar-refractivity contribution in [3.8, 4) is 0 Å². The van der Waals surface area contributed by atoms with Gasteiger partial charge in [0, 0.05) is 34.1 Å². The molecule has 0 amide bonds. The molecule has 2 heterocycles. The maximum atomic E-state index is 4.45. The summed E-state index contributed by atoms with van der Waals surface area (Å²) in [5.41, 5.74) is 1.10. The van der Waals surface area contributed by atoms with Crippen LogP contribution in [0, 0.1) is 20.8 Å². The largest absolute Gasteiger partial charge is 0.354 e. The Labute approximate surface area is 140 Å². The number of rotatable bonds is 5. The highest BCUT2D eigenvalue weighted by Gasteiger charge is 2.09. The Morgan fingerprint density at radius 2 is 2.05 bits per heavy atom. The average molecular weight is 337 g/mol. The summed E-state index contributed by atoms with van der Waals surface area (Å²) in [7, 11) is 1.81. The van der Waals surface area contributed by atoms with Gasteiger partial charge in [0.2, 0.25) is 0 Å². The fourth-order valence-corrected chi connectivity index (χ4v) is 4.17. The third kappa shape index (κ3) is 4.81. The van der Waals surface area contributed by atoms with E-state index in [4.69, 9.17) is 0 Å². The van der Waals surface area contributed by atoms with Crippen molar-refractivity contribution < 1.29 is 0 Å². The van der Waals surface area contributed by atoms with Gasteiger partial charge >= 0.3 is 0 Å². The second-order valence-electron chi connectivity index (χ2n) is 5.43. The number of guanidine groups is 1. The number of nitrogens with one attached hydrogen (secondary N) is 2. The van der Waals surface area contributed by atoms with Crippen molar-refractivity contribution >= 4 is 28.6 Å². The van der Waals surface area contributed by atoms with E-state index in [0.29, 0.717) is 6.04 Å². The van der Waals surface area contributed by atoms with Crippen molar-refractivity contribution in [2.45, 2.75) is 46.7 Å². The minimum Gasteiger partial charge on any atom is -0.354 e. The molecule has 4 nitrogen and oxygen atoms in total. The van der Waals surface area contributed by atoms with Crippen LogP contribution in [0.1, 0.15) is 32.3 Å². The Balaban J connectivity index is 1.85. The Morgan fingerprint density at radius 3 is 2.59 bits per heavy atom. The summed E-state index contributed by atoms with van der Waals surface area (Å²) >= 11 is 3.60. The number of aryl methyl sites for hydroxylation is 3. The van der Waals surface area contributed by atoms with Gasteiger partial charge in [0.25, 0.3) is 0 Å². The third-order valence-electron chi connectivity index (χ3n) is 3.33. The minimum absolute atomic E-state index is 0.341. The van der Waals surface area contributed by atoms with Gasteiger partial charge in [0.05, 0.1) is 17.2 Å². The van der Waals surface area contributed by atoms with Gasteiger partial charge in [-0.2, -0.15) is 0 Å². The van der Waals surface area contributed by atoms with E-state index in [1.807, 2.05) is 25.3 Å². The van der Waals surface area contributed by atoms with Crippen LogP contribution in [-0.2, 0) is 13.0 Å². The monoisotopic (exact) mass is 336 g/mol. The van der Waals surface area contributed by atoms with Gasteiger partial charge in [0.1, 0.15) is 0 Å². The lowest BCUT2D eigenvalue weighted by Gasteiger charge is -2.17. The van der Waals surface area contributed by atoms with Crippen molar-refractivity contribution in [3.63, 3.8) is 0 Å². The van der Waals surface area contributed by atoms with Gasteiger partial charge in [-0.3, -0.25) is 4.99 Å². The van der Waals surface area contributed by atoms with E-state index in [1.165, 1.54) is 14.6 Å². The zero-order chi connectivity index (χ0) is 16.1. The quantitative estimate of drug-likeness (QED) is 0.650. The summed E-state index contributed by atoms with van der Waals surface area (Å²) in [6, 6.07) is 4.72. The van der Waals surface area contributed by atoms with Crippen LogP contribution in [0.25, 0.3) is 0 Å². The van der Waals surface area contributed by atoms with E-state index in [-0.39, 0.29) is 0 Å². The molecule has 1 atom stereocenters. The van der Waals surface area contributed by atoms with Gasteiger partial charge in [0.15, 0.2) is 5.96 Å². The number of nitrogens with zero attached hydrogens (tertiary/aromatic N) is 2. The molecule has 0 aromatic carbocycles. The summed E-state index contributed by atoms with van der Waals surface area (Å²) in [6.45, 7) is 9.19. The molecule has 120 valence electrons. The van der Waals surface area contributed by atoms with Crippen LogP contribution in [0.15, 0.2) is 17.1 Å². The van der Waals surface area contributed by atoms with Crippen LogP contribution < -0.4 is 10.6 Å². The Hall–Kier alpha value is -1.40. The van der Waals surface area contributed by atoms with Gasteiger partial charge in [-0.15, -0.1) is 22.7 Å². The molecule has 0 bridgehead atoms. The molecule has 0 fully saturated rings. The fraction of sp³-hybridized carbons (Fsp3) is 0.500. The highest BCUT2D eigenvalue weighted by atomic mass is 32.1. The first-order valence-electron chi connectivity index (χ1n) is 7.43. The molecule has 0 aliphatic heterocycles. The molecule has 0 saturated carbocycles. The second-order valence-corrected chi connectivity index (χ2v) is 8.09. The number of aliphatic imine (C=N–C) groups is 1. The molecule has 0 saturated heterocycles. The van der Waals surface area contributed by atoms with Gasteiger partial charge in [-0.25, -0.2) is 4.98 Å². The Kier molecular flexibility index (Phi) is 5.97. The molecule has 0 radical (unpaired) electrons. The molecule has 0 aliphatic rings. The van der Waals surface area contributed by atoms with E-state index in [9.17, 15) is 0 Å². The molecule has 0 spiro atoms. The van der Waals surface area contributed by atoms with Crippen molar-refractivity contribution in [2.75, 3.05) is 7.05 Å². The van der Waals surface area contributed by atoms with E-state index < -0.39 is 0 Å². The maximum Gasteiger partial charge on any atom is 0.191 e.